The molecule has 4 aromatic heterocycles. The Kier molecular flexibility index (Phi) is 28.9. The minimum Gasteiger partial charge on any atom is -0.383 e. The van der Waals surface area contributed by atoms with Crippen molar-refractivity contribution < 1.29 is 93.6 Å². The van der Waals surface area contributed by atoms with Crippen LogP contribution < -0.4 is 45.3 Å². The first-order valence-electron chi connectivity index (χ1n) is 40.7. The van der Waals surface area contributed by atoms with Gasteiger partial charge in [0.2, 0.25) is 0 Å². The minimum atomic E-state index is -4.48. The molecule has 40 heteroatoms. The van der Waals surface area contributed by atoms with Crippen LogP contribution in [0.5, 0.6) is 0 Å². The zero-order valence-electron chi connectivity index (χ0n) is 75.0. The van der Waals surface area contributed by atoms with Crippen LogP contribution in [0.15, 0.2) is 53.6 Å². The lowest BCUT2D eigenvalue weighted by Gasteiger charge is -2.44. The number of phosphoric acid groups is 2. The van der Waals surface area contributed by atoms with E-state index >= 15 is 0 Å². The number of hydrogen-bond donors (Lipinski definition) is 7. The lowest BCUT2D eigenvalue weighted by molar-refractivity contribution is -0.195. The largest absolute Gasteiger partial charge is 0.473 e. The molecule has 8 aliphatic rings. The Morgan fingerprint density at radius 3 is 0.950 bits per heavy atom. The highest BCUT2D eigenvalue weighted by Crippen LogP contribution is 2.62. The molecule has 9 N–H and O–H groups in total. The predicted octanol–water partition coefficient (Wildman–Crippen LogP) is 11.1. The van der Waals surface area contributed by atoms with E-state index in [1.807, 2.05) is 62.3 Å². The van der Waals surface area contributed by atoms with E-state index in [1.54, 1.807) is 109 Å². The van der Waals surface area contributed by atoms with Crippen LogP contribution >= 0.6 is 22.4 Å². The Labute approximate surface area is 707 Å². The van der Waals surface area contributed by atoms with Gasteiger partial charge in [0.1, 0.15) is 82.9 Å². The topological polar surface area (TPSA) is 465 Å². The van der Waals surface area contributed by atoms with Crippen molar-refractivity contribution in [2.45, 2.75) is 364 Å². The van der Waals surface area contributed by atoms with Crippen LogP contribution in [0.25, 0.3) is 0 Å². The number of phosphoric ester groups is 2. The van der Waals surface area contributed by atoms with Gasteiger partial charge in [0.05, 0.1) is 48.8 Å². The predicted molar refractivity (Wildman–Crippen MR) is 450 cm³/mol. The Hall–Kier alpha value is -4.89. The van der Waals surface area contributed by atoms with Gasteiger partial charge >= 0.3 is 45.1 Å². The van der Waals surface area contributed by atoms with Crippen molar-refractivity contribution in [3.63, 3.8) is 0 Å². The summed E-state index contributed by atoms with van der Waals surface area (Å²) in [5, 5.41) is 0. The third kappa shape index (κ3) is 24.5. The van der Waals surface area contributed by atoms with Gasteiger partial charge in [-0.05, 0) is 170 Å². The van der Waals surface area contributed by atoms with Gasteiger partial charge in [-0.2, -0.15) is 9.97 Å². The Bertz CT molecular complexity index is 4730. The summed E-state index contributed by atoms with van der Waals surface area (Å²) in [6, 6.07) is 0. The first-order chi connectivity index (χ1) is 54.4. The molecule has 0 radical (unpaired) electrons. The van der Waals surface area contributed by atoms with Crippen LogP contribution in [0.1, 0.15) is 265 Å². The Morgan fingerprint density at radius 2 is 0.675 bits per heavy atom. The molecule has 8 saturated heterocycles. The third-order valence-electron chi connectivity index (χ3n) is 20.6. The van der Waals surface area contributed by atoms with Gasteiger partial charge in [-0.25, -0.2) is 28.3 Å². The molecule has 8 aliphatic heterocycles. The Morgan fingerprint density at radius 1 is 0.417 bits per heavy atom. The molecule has 0 amide bonds. The summed E-state index contributed by atoms with van der Waals surface area (Å²) < 4.78 is 121. The molecule has 4 aromatic rings. The quantitative estimate of drug-likeness (QED) is 0.0455. The van der Waals surface area contributed by atoms with E-state index in [4.69, 9.17) is 93.0 Å². The van der Waals surface area contributed by atoms with Crippen molar-refractivity contribution in [2.24, 2.45) is 21.7 Å². The van der Waals surface area contributed by atoms with Crippen molar-refractivity contribution in [3.8, 4) is 0 Å². The van der Waals surface area contributed by atoms with Gasteiger partial charge in [0.25, 0.3) is 11.1 Å². The number of H-pyrrole nitrogens is 2. The van der Waals surface area contributed by atoms with E-state index in [9.17, 15) is 52.6 Å². The summed E-state index contributed by atoms with van der Waals surface area (Å²) in [6.07, 6.45) is 1.76. The van der Waals surface area contributed by atoms with Crippen LogP contribution in [-0.4, -0.2) is 173 Å². The summed E-state index contributed by atoms with van der Waals surface area (Å²) >= 11 is 5.33. The number of rotatable bonds is 18. The van der Waals surface area contributed by atoms with Gasteiger partial charge in [-0.1, -0.05) is 83.1 Å². The van der Waals surface area contributed by atoms with Crippen LogP contribution in [-0.2, 0) is 90.7 Å². The van der Waals surface area contributed by atoms with E-state index in [-0.39, 0.29) is 50.6 Å². The number of nitrogens with one attached hydrogen (secondary N) is 2. The smallest absolute Gasteiger partial charge is 0.383 e. The number of nitrogens with zero attached hydrogens (tertiary/aromatic N) is 6. The van der Waals surface area contributed by atoms with Gasteiger partial charge in [0, 0.05) is 72.7 Å². The van der Waals surface area contributed by atoms with Crippen molar-refractivity contribution in [1.29, 1.82) is 0 Å². The zero-order chi connectivity index (χ0) is 90.4. The van der Waals surface area contributed by atoms with Gasteiger partial charge < -0.3 is 73.3 Å². The van der Waals surface area contributed by atoms with Crippen molar-refractivity contribution in [2.75, 3.05) is 37.9 Å². The average Bonchev–Trinajstić information content (AvgIpc) is 1.60. The highest BCUT2D eigenvalue weighted by atomic mass is 32.5. The summed E-state index contributed by atoms with van der Waals surface area (Å²) in [6.45, 7) is 51.2. The third-order valence-corrected chi connectivity index (χ3v) is 24.9. The number of aromatic nitrogens is 8. The SMILES string of the molecule is Cc1cn([C@@H]2O[C@@]3(CC(C)(C)C)CCO[C@H]2C3OC(C)(C)C)c(=O)[nH]c1=O.Cc1cn([C@@H]2O[C@@]3(CC(C)(C)C)CCO[C@H]2C3OP(=O)(O)OC(C)(C)C)c(=O)[nH]c1=O.Cc1cn([C@@H]2O[C@@]3(CC(C)(C)C)CCO[C@H]2C3OP(=O)(O)OC(C)(C)C)c(=O)nc1N.Cc1cn([C@@H]2O[C@@]3(CC(C)(C)C)CCO[C@H]2C3OP(O)(=S)OC(C)(C)C)c(=O)nc1N. The van der Waals surface area contributed by atoms with Crippen molar-refractivity contribution >= 4 is 45.8 Å². The second-order valence-corrected chi connectivity index (χ2v) is 47.2. The van der Waals surface area contributed by atoms with Gasteiger partial charge in [-0.15, -0.1) is 0 Å². The van der Waals surface area contributed by atoms with E-state index in [2.05, 4.69) is 61.5 Å². The molecule has 19 atom stereocenters. The van der Waals surface area contributed by atoms with Crippen LogP contribution in [0.4, 0.5) is 11.6 Å². The first-order valence-corrected chi connectivity index (χ1v) is 46.3. The molecule has 0 aliphatic carbocycles. The van der Waals surface area contributed by atoms with Crippen LogP contribution in [0.2, 0.25) is 0 Å². The molecule has 8 bridgehead atoms. The number of hydrogen-bond acceptors (Lipinski definition) is 28. The maximum atomic E-state index is 12.8. The zero-order valence-corrected chi connectivity index (χ0v) is 78.5. The molecule has 12 rings (SSSR count). The molecule has 120 heavy (non-hydrogen) atoms. The monoisotopic (exact) mass is 1770 g/mol. The second kappa shape index (κ2) is 35.0. The number of aromatic amines is 2. The fourth-order valence-corrected chi connectivity index (χ4v) is 22.2. The lowest BCUT2D eigenvalue weighted by atomic mass is 9.76. The van der Waals surface area contributed by atoms with Crippen molar-refractivity contribution in [3.05, 3.63) is 110 Å². The molecule has 36 nitrogen and oxygen atoms in total. The second-order valence-electron chi connectivity index (χ2n) is 41.8. The molecule has 680 valence electrons. The maximum Gasteiger partial charge on any atom is 0.473 e. The normalized spacial score (nSPS) is 31.0. The molecule has 0 aromatic carbocycles. The molecular weight excluding hydrogens is 1640 g/mol. The van der Waals surface area contributed by atoms with E-state index in [0.29, 0.717) is 93.6 Å². The lowest BCUT2D eigenvalue weighted by Crippen LogP contribution is -2.54. The molecule has 0 saturated carbocycles. The standard InChI is InChI=1S/C20H34N3O7P.C20H34N3O6PS.C20H33N2O8P.C20H32N2O5/c1-12-10-23(17(24)22-15(12)21)16-13-14(29-31(25,26)30-19(5,6)7)20(28-16,8-9-27-13)11-18(2,3)4;1-12-10-23(17(24)22-15(12)21)16-13-14(28-30(25,31)29-19(5,6)7)20(27-16,8-9-26-13)11-18(2,3)4;1-12-10-22(17(24)21-15(12)23)16-13-14(29-31(25,26)30-19(5,6)7)20(28-16,8-9-27-13)11-18(2,3)4;1-12-10-22(17(24)21-15(12)23)16-13-14(26-19(5,6)7)20(27-16,8-9-25-13)11-18(2,3)4/h10,13-14,16H,8-9,11H2,1-7H3,(H,25,26)(H2,21,22,24);10,13-14,16H,8-9,11H2,1-7H3,(H,25,31)(H2,21,22,24);10,13-14,16H,8-9,11H2,1-7H3,(H,25,26)(H,21,23,24);10,13-14,16H,8-9,11H2,1-7H3,(H,21,23,24)/t13-,14?,16+,20+;13-,14?,16+,20+,30?;2*13-,14?,16+,20+/m0000/s1. The minimum absolute atomic E-state index is 0.0160. The maximum absolute atomic E-state index is 12.8. The molecule has 8 fully saturated rings. The number of ether oxygens (including phenoxy) is 9. The van der Waals surface area contributed by atoms with E-state index in [0.717, 1.165) is 6.42 Å². The summed E-state index contributed by atoms with van der Waals surface area (Å²) in [7, 11) is -8.93. The number of fused-ring (bicyclic) bond motifs is 8. The van der Waals surface area contributed by atoms with Gasteiger partial charge in [-0.3, -0.25) is 60.4 Å². The molecule has 0 spiro atoms. The number of anilines is 2. The number of aryl methyl sites for hydroxylation is 4. The summed E-state index contributed by atoms with van der Waals surface area (Å²) in [5.41, 5.74) is 3.79. The van der Waals surface area contributed by atoms with Gasteiger partial charge in [0.15, 0.2) is 24.9 Å². The summed E-state index contributed by atoms with van der Waals surface area (Å²) in [5.74, 6) is 0.309. The summed E-state index contributed by atoms with van der Waals surface area (Å²) in [4.78, 5) is 118. The number of nitrogen functional groups attached to an aromatic ring is 2. The van der Waals surface area contributed by atoms with Crippen LogP contribution in [0, 0.1) is 49.4 Å². The highest BCUT2D eigenvalue weighted by molar-refractivity contribution is 8.07. The first kappa shape index (κ1) is 98.9. The fourth-order valence-electron chi connectivity index (χ4n) is 17.3. The highest BCUT2D eigenvalue weighted by Gasteiger charge is 2.67. The van der Waals surface area contributed by atoms with Crippen LogP contribution in [0.3, 0.4) is 0 Å². The fraction of sp³-hybridized carbons (Fsp3) is 0.800. The Balaban J connectivity index is 0.000000182. The molecule has 12 heterocycles. The van der Waals surface area contributed by atoms with Crippen molar-refractivity contribution in [1.82, 2.24) is 38.2 Å². The molecule has 7 unspecified atom stereocenters. The average molecular weight is 1780 g/mol. The van der Waals surface area contributed by atoms with E-state index in [1.165, 1.54) is 24.5 Å². The van der Waals surface area contributed by atoms with E-state index < -0.39 is 158 Å². The molecular formula is C80H133N10O26P3S. The number of nitrogens with two attached hydrogens (primary N) is 2.